The Morgan fingerprint density at radius 1 is 1.25 bits per heavy atom. The maximum atomic E-state index is 11.3. The Morgan fingerprint density at radius 2 is 2.00 bits per heavy atom. The molecule has 92 valence electrons. The van der Waals surface area contributed by atoms with Gasteiger partial charge in [0.15, 0.2) is 0 Å². The molecule has 0 N–H and O–H groups in total. The van der Waals surface area contributed by atoms with E-state index in [1.165, 1.54) is 0 Å². The monoisotopic (exact) mass is 228 g/mol. The van der Waals surface area contributed by atoms with E-state index in [0.717, 1.165) is 25.9 Å². The highest BCUT2D eigenvalue weighted by Gasteiger charge is 2.17. The third kappa shape index (κ3) is 5.26. The lowest BCUT2D eigenvalue weighted by Gasteiger charge is -2.21. The molecule has 4 nitrogen and oxygen atoms in total. The Kier molecular flexibility index (Phi) is 6.08. The Labute approximate surface area is 96.3 Å². The van der Waals surface area contributed by atoms with Gasteiger partial charge in [0.2, 0.25) is 0 Å². The predicted octanol–water partition coefficient (Wildman–Crippen LogP) is 2.21. The second-order valence-electron chi connectivity index (χ2n) is 4.12. The molecule has 4 heteroatoms. The van der Waals surface area contributed by atoms with E-state index in [2.05, 4.69) is 4.74 Å². The van der Waals surface area contributed by atoms with E-state index in [1.54, 1.807) is 0 Å². The van der Waals surface area contributed by atoms with Crippen LogP contribution < -0.4 is 0 Å². The molecule has 16 heavy (non-hydrogen) atoms. The Hall–Kier alpha value is -0.900. The summed E-state index contributed by atoms with van der Waals surface area (Å²) in [6, 6.07) is 0. The van der Waals surface area contributed by atoms with Gasteiger partial charge in [0, 0.05) is 19.4 Å². The van der Waals surface area contributed by atoms with Crippen LogP contribution in [0.1, 0.15) is 51.9 Å². The zero-order valence-corrected chi connectivity index (χ0v) is 9.87. The predicted molar refractivity (Wildman–Crippen MR) is 58.8 cm³/mol. The molecule has 1 fully saturated rings. The number of hydrogen-bond acceptors (Lipinski definition) is 4. The number of carbonyl (C=O) groups excluding carboxylic acids is 2. The van der Waals surface area contributed by atoms with Crippen LogP contribution in [-0.2, 0) is 19.1 Å². The van der Waals surface area contributed by atoms with Crippen molar-refractivity contribution in [2.75, 3.05) is 6.61 Å². The molecule has 1 unspecified atom stereocenters. The van der Waals surface area contributed by atoms with Crippen LogP contribution in [0.4, 0.5) is 0 Å². The van der Waals surface area contributed by atoms with Gasteiger partial charge in [0.1, 0.15) is 0 Å². The molecule has 1 saturated heterocycles. The minimum absolute atomic E-state index is 0.169. The number of esters is 2. The lowest BCUT2D eigenvalue weighted by Crippen LogP contribution is -2.21. The van der Waals surface area contributed by atoms with Gasteiger partial charge in [-0.1, -0.05) is 6.92 Å². The van der Waals surface area contributed by atoms with Crippen LogP contribution >= 0.6 is 0 Å². The van der Waals surface area contributed by atoms with E-state index in [-0.39, 0.29) is 12.5 Å². The SMILES string of the molecule is CCCC(=O)OC(=O)CCC1CCCCO1. The second kappa shape index (κ2) is 7.39. The average Bonchev–Trinajstić information content (AvgIpc) is 2.28. The molecule has 1 aliphatic rings. The summed E-state index contributed by atoms with van der Waals surface area (Å²) in [7, 11) is 0. The lowest BCUT2D eigenvalue weighted by atomic mass is 10.1. The molecule has 0 aliphatic carbocycles. The third-order valence-corrected chi connectivity index (χ3v) is 2.63. The summed E-state index contributed by atoms with van der Waals surface area (Å²) in [6.07, 6.45) is 5.41. The summed E-state index contributed by atoms with van der Waals surface area (Å²) in [5.41, 5.74) is 0. The molecule has 0 aromatic carbocycles. The first kappa shape index (κ1) is 13.2. The van der Waals surface area contributed by atoms with E-state index in [1.807, 2.05) is 6.92 Å². The van der Waals surface area contributed by atoms with Crippen molar-refractivity contribution < 1.29 is 19.1 Å². The van der Waals surface area contributed by atoms with Crippen molar-refractivity contribution in [3.8, 4) is 0 Å². The first-order valence-electron chi connectivity index (χ1n) is 6.07. The molecule has 0 amide bonds. The largest absolute Gasteiger partial charge is 0.393 e. The molecule has 0 spiro atoms. The molecular weight excluding hydrogens is 208 g/mol. The quantitative estimate of drug-likeness (QED) is 0.534. The molecule has 1 rings (SSSR count). The highest BCUT2D eigenvalue weighted by atomic mass is 16.6. The van der Waals surface area contributed by atoms with Gasteiger partial charge in [-0.05, 0) is 32.1 Å². The first-order valence-corrected chi connectivity index (χ1v) is 6.07. The molecule has 0 radical (unpaired) electrons. The van der Waals surface area contributed by atoms with Crippen LogP contribution in [-0.4, -0.2) is 24.6 Å². The molecule has 0 bridgehead atoms. The molecule has 1 atom stereocenters. The van der Waals surface area contributed by atoms with Crippen LogP contribution in [0.3, 0.4) is 0 Å². The fourth-order valence-electron chi connectivity index (χ4n) is 1.75. The van der Waals surface area contributed by atoms with E-state index in [9.17, 15) is 9.59 Å². The van der Waals surface area contributed by atoms with Gasteiger partial charge < -0.3 is 9.47 Å². The molecule has 1 heterocycles. The Morgan fingerprint density at radius 3 is 2.62 bits per heavy atom. The highest BCUT2D eigenvalue weighted by molar-refractivity contribution is 5.85. The van der Waals surface area contributed by atoms with Crippen LogP contribution in [0.25, 0.3) is 0 Å². The van der Waals surface area contributed by atoms with Crippen LogP contribution in [0.15, 0.2) is 0 Å². The van der Waals surface area contributed by atoms with Gasteiger partial charge in [-0.15, -0.1) is 0 Å². The summed E-state index contributed by atoms with van der Waals surface area (Å²) in [5.74, 6) is -0.843. The van der Waals surface area contributed by atoms with Crippen LogP contribution in [0.2, 0.25) is 0 Å². The number of ether oxygens (including phenoxy) is 2. The van der Waals surface area contributed by atoms with Crippen molar-refractivity contribution in [2.45, 2.75) is 58.0 Å². The zero-order valence-electron chi connectivity index (χ0n) is 9.87. The summed E-state index contributed by atoms with van der Waals surface area (Å²) in [4.78, 5) is 22.3. The highest BCUT2D eigenvalue weighted by Crippen LogP contribution is 2.17. The minimum atomic E-state index is -0.423. The van der Waals surface area contributed by atoms with Crippen molar-refractivity contribution >= 4 is 11.9 Å². The maximum Gasteiger partial charge on any atom is 0.313 e. The zero-order chi connectivity index (χ0) is 11.8. The molecule has 0 aromatic heterocycles. The van der Waals surface area contributed by atoms with Gasteiger partial charge in [0.05, 0.1) is 6.10 Å². The van der Waals surface area contributed by atoms with E-state index < -0.39 is 11.9 Å². The maximum absolute atomic E-state index is 11.3. The summed E-state index contributed by atoms with van der Waals surface area (Å²) in [6.45, 7) is 2.66. The number of rotatable bonds is 5. The molecule has 1 aliphatic heterocycles. The summed E-state index contributed by atoms with van der Waals surface area (Å²) < 4.78 is 10.1. The lowest BCUT2D eigenvalue weighted by molar-refractivity contribution is -0.160. The fraction of sp³-hybridized carbons (Fsp3) is 0.833. The van der Waals surface area contributed by atoms with E-state index in [0.29, 0.717) is 19.3 Å². The molecule has 0 saturated carbocycles. The van der Waals surface area contributed by atoms with Crippen molar-refractivity contribution in [1.82, 2.24) is 0 Å². The van der Waals surface area contributed by atoms with Gasteiger partial charge in [-0.2, -0.15) is 0 Å². The van der Waals surface area contributed by atoms with Crippen molar-refractivity contribution in [2.24, 2.45) is 0 Å². The standard InChI is InChI=1S/C12H20O4/c1-2-5-11(13)16-12(14)8-7-10-6-3-4-9-15-10/h10H,2-9H2,1H3. The van der Waals surface area contributed by atoms with Crippen LogP contribution in [0, 0.1) is 0 Å². The topological polar surface area (TPSA) is 52.6 Å². The van der Waals surface area contributed by atoms with Gasteiger partial charge in [0.25, 0.3) is 0 Å². The Bertz CT molecular complexity index is 231. The molecular formula is C12H20O4. The van der Waals surface area contributed by atoms with E-state index >= 15 is 0 Å². The van der Waals surface area contributed by atoms with Gasteiger partial charge in [-0.3, -0.25) is 9.59 Å². The third-order valence-electron chi connectivity index (χ3n) is 2.63. The fourth-order valence-corrected chi connectivity index (χ4v) is 1.75. The van der Waals surface area contributed by atoms with Crippen molar-refractivity contribution in [3.05, 3.63) is 0 Å². The van der Waals surface area contributed by atoms with Crippen LogP contribution in [0.5, 0.6) is 0 Å². The van der Waals surface area contributed by atoms with Crippen molar-refractivity contribution in [3.63, 3.8) is 0 Å². The van der Waals surface area contributed by atoms with Gasteiger partial charge >= 0.3 is 11.9 Å². The van der Waals surface area contributed by atoms with E-state index in [4.69, 9.17) is 4.74 Å². The minimum Gasteiger partial charge on any atom is -0.393 e. The van der Waals surface area contributed by atoms with Crippen molar-refractivity contribution in [1.29, 1.82) is 0 Å². The number of carbonyl (C=O) groups is 2. The number of hydrogen-bond donors (Lipinski definition) is 0. The Balaban J connectivity index is 2.11. The normalized spacial score (nSPS) is 20.4. The average molecular weight is 228 g/mol. The summed E-state index contributed by atoms with van der Waals surface area (Å²) in [5, 5.41) is 0. The summed E-state index contributed by atoms with van der Waals surface area (Å²) >= 11 is 0. The molecule has 0 aromatic rings. The van der Waals surface area contributed by atoms with Gasteiger partial charge in [-0.25, -0.2) is 0 Å². The smallest absolute Gasteiger partial charge is 0.313 e. The second-order valence-corrected chi connectivity index (χ2v) is 4.12. The first-order chi connectivity index (χ1) is 7.72.